The quantitative estimate of drug-likeness (QED) is 0.621. The van der Waals surface area contributed by atoms with Crippen LogP contribution in [0, 0.1) is 35.5 Å². The van der Waals surface area contributed by atoms with Gasteiger partial charge in [-0.05, 0) is 62.0 Å². The van der Waals surface area contributed by atoms with Crippen LogP contribution >= 0.6 is 11.3 Å². The van der Waals surface area contributed by atoms with Gasteiger partial charge in [-0.1, -0.05) is 31.9 Å². The number of aromatic nitrogens is 1. The molecule has 0 N–H and O–H groups in total. The van der Waals surface area contributed by atoms with Gasteiger partial charge in [0.25, 0.3) is 0 Å². The predicted octanol–water partition coefficient (Wildman–Crippen LogP) is 5.28. The molecule has 0 amide bonds. The van der Waals surface area contributed by atoms with Crippen molar-refractivity contribution in [1.82, 2.24) is 4.98 Å². The van der Waals surface area contributed by atoms with Crippen molar-refractivity contribution in [2.75, 3.05) is 0 Å². The van der Waals surface area contributed by atoms with E-state index in [0.717, 1.165) is 17.7 Å². The van der Waals surface area contributed by atoms with Crippen molar-refractivity contribution >= 4 is 23.1 Å². The summed E-state index contributed by atoms with van der Waals surface area (Å²) in [6.07, 6.45) is 12.4. The van der Waals surface area contributed by atoms with Gasteiger partial charge in [-0.15, -0.1) is 11.3 Å². The van der Waals surface area contributed by atoms with Gasteiger partial charge in [-0.25, -0.2) is 9.78 Å². The number of hydrogen-bond acceptors (Lipinski definition) is 5. The second-order valence-electron chi connectivity index (χ2n) is 9.98. The second kappa shape index (κ2) is 6.63. The Balaban J connectivity index is 1.53. The summed E-state index contributed by atoms with van der Waals surface area (Å²) in [5.74, 6) is 1.17. The van der Waals surface area contributed by atoms with Gasteiger partial charge in [0, 0.05) is 17.8 Å². The molecule has 5 heteroatoms. The van der Waals surface area contributed by atoms with E-state index < -0.39 is 0 Å². The largest absolute Gasteiger partial charge is 0.457 e. The van der Waals surface area contributed by atoms with Gasteiger partial charge >= 0.3 is 5.97 Å². The van der Waals surface area contributed by atoms with Crippen molar-refractivity contribution in [2.45, 2.75) is 65.4 Å². The Kier molecular flexibility index (Phi) is 4.39. The summed E-state index contributed by atoms with van der Waals surface area (Å²) in [5.41, 5.74) is 3.85. The maximum absolute atomic E-state index is 13.0. The number of esters is 1. The standard InChI is InChI=1S/C24H29NO3S/c1-14-21(29-13-25-14)22(27)28-19-12-15-11-16(26)6-10-24(15,3)18-7-9-23(2)8-4-5-17(23)20(18)19/h6,10-11,13,17-20H,4-5,7-9,12H2,1-3H3/t17-,18-,19+,20-,23-,24-/m0/s1. The van der Waals surface area contributed by atoms with Crippen LogP contribution in [-0.4, -0.2) is 22.8 Å². The molecule has 1 aromatic rings. The normalized spacial score (nSPS) is 40.7. The van der Waals surface area contributed by atoms with Crippen molar-refractivity contribution in [3.05, 3.63) is 39.9 Å². The Bertz CT molecular complexity index is 930. The van der Waals surface area contributed by atoms with Crippen LogP contribution in [0.1, 0.15) is 67.7 Å². The first kappa shape index (κ1) is 19.2. The highest BCUT2D eigenvalue weighted by molar-refractivity contribution is 7.11. The summed E-state index contributed by atoms with van der Waals surface area (Å²) < 4.78 is 6.22. The number of aryl methyl sites for hydroxylation is 1. The Morgan fingerprint density at radius 1 is 1.24 bits per heavy atom. The minimum absolute atomic E-state index is 0.0563. The molecule has 0 bridgehead atoms. The van der Waals surface area contributed by atoms with E-state index in [1.807, 2.05) is 6.92 Å². The van der Waals surface area contributed by atoms with Crippen LogP contribution in [-0.2, 0) is 9.53 Å². The third kappa shape index (κ3) is 2.88. The number of rotatable bonds is 2. The van der Waals surface area contributed by atoms with Crippen LogP contribution in [0.2, 0.25) is 0 Å². The lowest BCUT2D eigenvalue weighted by Crippen LogP contribution is -2.54. The van der Waals surface area contributed by atoms with E-state index in [4.69, 9.17) is 4.74 Å². The van der Waals surface area contributed by atoms with Crippen LogP contribution in [0.4, 0.5) is 0 Å². The highest BCUT2D eigenvalue weighted by Gasteiger charge is 2.59. The molecule has 0 aliphatic heterocycles. The van der Waals surface area contributed by atoms with E-state index in [1.54, 1.807) is 17.7 Å². The summed E-state index contributed by atoms with van der Waals surface area (Å²) in [4.78, 5) is 30.0. The van der Waals surface area contributed by atoms with Gasteiger partial charge in [0.2, 0.25) is 0 Å². The second-order valence-corrected chi connectivity index (χ2v) is 10.8. The first-order chi connectivity index (χ1) is 13.8. The molecule has 154 valence electrons. The van der Waals surface area contributed by atoms with E-state index >= 15 is 0 Å². The van der Waals surface area contributed by atoms with Crippen LogP contribution in [0.15, 0.2) is 29.3 Å². The van der Waals surface area contributed by atoms with Gasteiger partial charge in [0.05, 0.1) is 11.2 Å². The monoisotopic (exact) mass is 411 g/mol. The van der Waals surface area contributed by atoms with Crippen LogP contribution < -0.4 is 0 Å². The lowest BCUT2D eigenvalue weighted by Gasteiger charge is -2.58. The summed E-state index contributed by atoms with van der Waals surface area (Å²) in [6, 6.07) is 0. The molecule has 4 aliphatic rings. The molecule has 6 atom stereocenters. The van der Waals surface area contributed by atoms with Crippen molar-refractivity contribution in [1.29, 1.82) is 0 Å². The van der Waals surface area contributed by atoms with Crippen LogP contribution in [0.5, 0.6) is 0 Å². The van der Waals surface area contributed by atoms with Crippen molar-refractivity contribution < 1.29 is 14.3 Å². The molecular weight excluding hydrogens is 382 g/mol. The molecule has 4 nitrogen and oxygen atoms in total. The molecular formula is C24H29NO3S. The van der Waals surface area contributed by atoms with Gasteiger partial charge in [0.1, 0.15) is 11.0 Å². The van der Waals surface area contributed by atoms with Gasteiger partial charge in [-0.3, -0.25) is 4.79 Å². The number of ketones is 1. The topological polar surface area (TPSA) is 56.3 Å². The number of ether oxygens (including phenoxy) is 1. The summed E-state index contributed by atoms with van der Waals surface area (Å²) in [5, 5.41) is 0. The Morgan fingerprint density at radius 3 is 2.83 bits per heavy atom. The van der Waals surface area contributed by atoms with E-state index in [1.165, 1.54) is 37.0 Å². The third-order valence-electron chi connectivity index (χ3n) is 8.53. The molecule has 1 heterocycles. The number of carbonyl (C=O) groups is 2. The first-order valence-electron chi connectivity index (χ1n) is 10.9. The molecule has 0 saturated heterocycles. The number of allylic oxidation sites excluding steroid dienone is 3. The van der Waals surface area contributed by atoms with Gasteiger partial charge in [0.15, 0.2) is 5.78 Å². The number of nitrogens with zero attached hydrogens (tertiary/aromatic N) is 1. The molecule has 4 aliphatic carbocycles. The molecule has 3 fully saturated rings. The maximum atomic E-state index is 13.0. The summed E-state index contributed by atoms with van der Waals surface area (Å²) >= 11 is 1.35. The zero-order chi connectivity index (χ0) is 20.4. The molecule has 1 aromatic heterocycles. The first-order valence-corrected chi connectivity index (χ1v) is 11.8. The van der Waals surface area contributed by atoms with Crippen molar-refractivity contribution in [2.24, 2.45) is 28.6 Å². The van der Waals surface area contributed by atoms with Crippen LogP contribution in [0.3, 0.4) is 0 Å². The zero-order valence-corrected chi connectivity index (χ0v) is 18.3. The van der Waals surface area contributed by atoms with E-state index in [2.05, 4.69) is 24.9 Å². The van der Waals surface area contributed by atoms with Gasteiger partial charge < -0.3 is 4.74 Å². The lowest BCUT2D eigenvalue weighted by atomic mass is 9.48. The summed E-state index contributed by atoms with van der Waals surface area (Å²) in [6.45, 7) is 6.60. The minimum atomic E-state index is -0.249. The Hall–Kier alpha value is -1.75. The lowest BCUT2D eigenvalue weighted by molar-refractivity contribution is -0.112. The molecule has 3 saturated carbocycles. The van der Waals surface area contributed by atoms with Crippen LogP contribution in [0.25, 0.3) is 0 Å². The SMILES string of the molecule is Cc1ncsc1C(=O)O[C@@H]1CC2=CC(=O)C=C[C@]2(C)[C@H]2CC[C@]3(C)CCC[C@H]3[C@H]12. The Labute approximate surface area is 176 Å². The Morgan fingerprint density at radius 2 is 2.07 bits per heavy atom. The number of thiazole rings is 1. The average Bonchev–Trinajstić information content (AvgIpc) is 3.28. The average molecular weight is 412 g/mol. The molecule has 0 aromatic carbocycles. The number of fused-ring (bicyclic) bond motifs is 5. The smallest absolute Gasteiger partial charge is 0.350 e. The number of hydrogen-bond donors (Lipinski definition) is 0. The maximum Gasteiger partial charge on any atom is 0.350 e. The van der Waals surface area contributed by atoms with Gasteiger partial charge in [-0.2, -0.15) is 0 Å². The van der Waals surface area contributed by atoms with E-state index in [9.17, 15) is 9.59 Å². The molecule has 0 radical (unpaired) electrons. The molecule has 5 rings (SSSR count). The molecule has 0 spiro atoms. The molecule has 0 unspecified atom stereocenters. The third-order valence-corrected chi connectivity index (χ3v) is 9.43. The predicted molar refractivity (Wildman–Crippen MR) is 113 cm³/mol. The fourth-order valence-corrected chi connectivity index (χ4v) is 7.63. The van der Waals surface area contributed by atoms with Crippen molar-refractivity contribution in [3.8, 4) is 0 Å². The molecule has 29 heavy (non-hydrogen) atoms. The van der Waals surface area contributed by atoms with E-state index in [-0.39, 0.29) is 23.3 Å². The minimum Gasteiger partial charge on any atom is -0.457 e. The highest BCUT2D eigenvalue weighted by atomic mass is 32.1. The fraction of sp³-hybridized carbons (Fsp3) is 0.625. The van der Waals surface area contributed by atoms with Crippen molar-refractivity contribution in [3.63, 3.8) is 0 Å². The summed E-state index contributed by atoms with van der Waals surface area (Å²) in [7, 11) is 0. The fourth-order valence-electron chi connectivity index (χ4n) is 6.94. The number of carbonyl (C=O) groups excluding carboxylic acids is 2. The van der Waals surface area contributed by atoms with E-state index in [0.29, 0.717) is 34.5 Å². The zero-order valence-electron chi connectivity index (χ0n) is 17.4. The highest BCUT2D eigenvalue weighted by Crippen LogP contribution is 2.64.